The highest BCUT2D eigenvalue weighted by molar-refractivity contribution is 5.92. The Labute approximate surface area is 152 Å². The molecule has 5 heteroatoms. The number of furan rings is 1. The molecule has 0 saturated carbocycles. The first-order chi connectivity index (χ1) is 12.6. The van der Waals surface area contributed by atoms with Gasteiger partial charge in [-0.1, -0.05) is 42.0 Å². The molecule has 1 amide bonds. The number of para-hydroxylation sites is 1. The lowest BCUT2D eigenvalue weighted by molar-refractivity contribution is 0.0923. The number of hydrogen-bond acceptors (Lipinski definition) is 4. The van der Waals surface area contributed by atoms with Crippen molar-refractivity contribution in [2.45, 2.75) is 20.5 Å². The van der Waals surface area contributed by atoms with Crippen molar-refractivity contribution < 1.29 is 13.9 Å². The fourth-order valence-electron chi connectivity index (χ4n) is 2.43. The number of aryl methyl sites for hydroxylation is 2. The molecule has 5 nitrogen and oxygen atoms in total. The first-order valence-electron chi connectivity index (χ1n) is 8.29. The van der Waals surface area contributed by atoms with Crippen LogP contribution in [0, 0.1) is 13.8 Å². The Hall–Kier alpha value is -3.34. The second-order valence-electron chi connectivity index (χ2n) is 5.93. The fourth-order valence-corrected chi connectivity index (χ4v) is 2.43. The summed E-state index contributed by atoms with van der Waals surface area (Å²) >= 11 is 0. The molecule has 0 fully saturated rings. The Morgan fingerprint density at radius 2 is 1.92 bits per heavy atom. The number of nitrogens with one attached hydrogen (secondary N) is 1. The number of hydrogen-bond donors (Lipinski definition) is 1. The molecule has 0 spiro atoms. The highest BCUT2D eigenvalue weighted by Gasteiger charge is 2.10. The van der Waals surface area contributed by atoms with E-state index >= 15 is 0 Å². The van der Waals surface area contributed by atoms with E-state index in [2.05, 4.69) is 16.6 Å². The summed E-state index contributed by atoms with van der Waals surface area (Å²) in [6.07, 6.45) is 1.62. The first-order valence-corrected chi connectivity index (χ1v) is 8.29. The van der Waals surface area contributed by atoms with Crippen LogP contribution in [-0.4, -0.2) is 12.1 Å². The molecule has 1 aromatic heterocycles. The average molecular weight is 348 g/mol. The second kappa shape index (κ2) is 8.16. The molecular weight excluding hydrogens is 328 g/mol. The highest BCUT2D eigenvalue weighted by Crippen LogP contribution is 2.14. The van der Waals surface area contributed by atoms with Gasteiger partial charge in [0, 0.05) is 0 Å². The SMILES string of the molecule is Cc1ccc(/C=N\NC(=O)c2ccc(COc3ccccc3)o2)c(C)c1. The van der Waals surface area contributed by atoms with Gasteiger partial charge in [-0.15, -0.1) is 0 Å². The molecule has 0 saturated heterocycles. The van der Waals surface area contributed by atoms with E-state index in [1.165, 1.54) is 5.56 Å². The number of benzene rings is 2. The lowest BCUT2D eigenvalue weighted by Crippen LogP contribution is -2.16. The molecule has 1 N–H and O–H groups in total. The molecular formula is C21H20N2O3. The van der Waals surface area contributed by atoms with Crippen molar-refractivity contribution in [3.63, 3.8) is 0 Å². The predicted octanol–water partition coefficient (Wildman–Crippen LogP) is 4.24. The summed E-state index contributed by atoms with van der Waals surface area (Å²) in [5.74, 6) is 1.09. The zero-order valence-corrected chi connectivity index (χ0v) is 14.7. The number of carbonyl (C=O) groups is 1. The van der Waals surface area contributed by atoms with Crippen molar-refractivity contribution in [1.82, 2.24) is 5.43 Å². The summed E-state index contributed by atoms with van der Waals surface area (Å²) in [7, 11) is 0. The van der Waals surface area contributed by atoms with Crippen LogP contribution < -0.4 is 10.2 Å². The van der Waals surface area contributed by atoms with Gasteiger partial charge in [0.15, 0.2) is 5.76 Å². The second-order valence-corrected chi connectivity index (χ2v) is 5.93. The van der Waals surface area contributed by atoms with Gasteiger partial charge in [0.25, 0.3) is 0 Å². The minimum absolute atomic E-state index is 0.189. The molecule has 1 heterocycles. The Morgan fingerprint density at radius 1 is 1.12 bits per heavy atom. The van der Waals surface area contributed by atoms with E-state index in [1.807, 2.05) is 56.3 Å². The third-order valence-corrected chi connectivity index (χ3v) is 3.80. The maximum atomic E-state index is 12.1. The number of carbonyl (C=O) groups excluding carboxylic acids is 1. The van der Waals surface area contributed by atoms with Crippen molar-refractivity contribution in [1.29, 1.82) is 0 Å². The minimum atomic E-state index is -0.406. The molecule has 132 valence electrons. The van der Waals surface area contributed by atoms with Crippen LogP contribution in [0.15, 0.2) is 70.2 Å². The average Bonchev–Trinajstić information content (AvgIpc) is 3.12. The van der Waals surface area contributed by atoms with Crippen LogP contribution in [-0.2, 0) is 6.61 Å². The zero-order chi connectivity index (χ0) is 18.4. The van der Waals surface area contributed by atoms with Gasteiger partial charge < -0.3 is 9.15 Å². The van der Waals surface area contributed by atoms with Gasteiger partial charge in [0.05, 0.1) is 6.21 Å². The number of rotatable bonds is 6. The summed E-state index contributed by atoms with van der Waals surface area (Å²) in [5.41, 5.74) is 5.71. The van der Waals surface area contributed by atoms with E-state index in [4.69, 9.17) is 9.15 Å². The lowest BCUT2D eigenvalue weighted by atomic mass is 10.1. The molecule has 0 unspecified atom stereocenters. The summed E-state index contributed by atoms with van der Waals surface area (Å²) in [4.78, 5) is 12.1. The van der Waals surface area contributed by atoms with E-state index < -0.39 is 5.91 Å². The van der Waals surface area contributed by atoms with Crippen molar-refractivity contribution in [2.24, 2.45) is 5.10 Å². The summed E-state index contributed by atoms with van der Waals surface area (Å²) in [6, 6.07) is 18.8. The van der Waals surface area contributed by atoms with Gasteiger partial charge in [-0.3, -0.25) is 4.79 Å². The number of amides is 1. The van der Waals surface area contributed by atoms with Crippen LogP contribution in [0.4, 0.5) is 0 Å². The van der Waals surface area contributed by atoms with Gasteiger partial charge in [-0.25, -0.2) is 5.43 Å². The van der Waals surface area contributed by atoms with E-state index in [0.717, 1.165) is 16.9 Å². The van der Waals surface area contributed by atoms with Gasteiger partial charge >= 0.3 is 5.91 Å². The standard InChI is InChI=1S/C21H20N2O3/c1-15-8-9-17(16(2)12-15)13-22-23-21(24)20-11-10-19(26-20)14-25-18-6-4-3-5-7-18/h3-13H,14H2,1-2H3,(H,23,24)/b22-13-. The third kappa shape index (κ3) is 4.60. The maximum absolute atomic E-state index is 12.1. The zero-order valence-electron chi connectivity index (χ0n) is 14.7. The van der Waals surface area contributed by atoms with Crippen LogP contribution in [0.1, 0.15) is 33.0 Å². The fraction of sp³-hybridized carbons (Fsp3) is 0.143. The van der Waals surface area contributed by atoms with Crippen LogP contribution in [0.2, 0.25) is 0 Å². The van der Waals surface area contributed by atoms with Crippen LogP contribution >= 0.6 is 0 Å². The van der Waals surface area contributed by atoms with Crippen molar-refractivity contribution in [3.05, 3.63) is 88.9 Å². The molecule has 2 aromatic carbocycles. The van der Waals surface area contributed by atoms with Crippen molar-refractivity contribution in [3.8, 4) is 5.75 Å². The first kappa shape index (κ1) is 17.5. The molecule has 3 aromatic rings. The van der Waals surface area contributed by atoms with E-state index in [0.29, 0.717) is 5.76 Å². The Balaban J connectivity index is 1.55. The van der Waals surface area contributed by atoms with E-state index in [-0.39, 0.29) is 12.4 Å². The quantitative estimate of drug-likeness (QED) is 0.535. The number of ether oxygens (including phenoxy) is 1. The monoisotopic (exact) mass is 348 g/mol. The van der Waals surface area contributed by atoms with Crippen LogP contribution in [0.3, 0.4) is 0 Å². The molecule has 0 atom stereocenters. The molecule has 0 aliphatic heterocycles. The summed E-state index contributed by atoms with van der Waals surface area (Å²) in [6.45, 7) is 4.29. The minimum Gasteiger partial charge on any atom is -0.486 e. The van der Waals surface area contributed by atoms with Crippen molar-refractivity contribution >= 4 is 12.1 Å². The normalized spacial score (nSPS) is 10.8. The molecule has 0 radical (unpaired) electrons. The Morgan fingerprint density at radius 3 is 2.69 bits per heavy atom. The Bertz CT molecular complexity index is 914. The topological polar surface area (TPSA) is 63.8 Å². The highest BCUT2D eigenvalue weighted by atomic mass is 16.5. The summed E-state index contributed by atoms with van der Waals surface area (Å²) in [5, 5.41) is 4.00. The van der Waals surface area contributed by atoms with Gasteiger partial charge in [-0.2, -0.15) is 5.10 Å². The van der Waals surface area contributed by atoms with Gasteiger partial charge in [-0.05, 0) is 49.2 Å². The van der Waals surface area contributed by atoms with E-state index in [9.17, 15) is 4.79 Å². The molecule has 0 aliphatic rings. The number of nitrogens with zero attached hydrogens (tertiary/aromatic N) is 1. The summed E-state index contributed by atoms with van der Waals surface area (Å²) < 4.78 is 11.1. The third-order valence-electron chi connectivity index (χ3n) is 3.80. The lowest BCUT2D eigenvalue weighted by Gasteiger charge is -2.03. The molecule has 0 bridgehead atoms. The molecule has 3 rings (SSSR count). The smallest absolute Gasteiger partial charge is 0.307 e. The number of hydrazone groups is 1. The van der Waals surface area contributed by atoms with Gasteiger partial charge in [0.2, 0.25) is 0 Å². The van der Waals surface area contributed by atoms with Crippen molar-refractivity contribution in [2.75, 3.05) is 0 Å². The van der Waals surface area contributed by atoms with Crippen LogP contribution in [0.25, 0.3) is 0 Å². The van der Waals surface area contributed by atoms with Gasteiger partial charge in [0.1, 0.15) is 18.1 Å². The largest absolute Gasteiger partial charge is 0.486 e. The molecule has 0 aliphatic carbocycles. The van der Waals surface area contributed by atoms with E-state index in [1.54, 1.807) is 18.3 Å². The Kier molecular flexibility index (Phi) is 5.49. The molecule has 26 heavy (non-hydrogen) atoms. The van der Waals surface area contributed by atoms with Crippen LogP contribution in [0.5, 0.6) is 5.75 Å². The predicted molar refractivity (Wildman–Crippen MR) is 100 cm³/mol. The maximum Gasteiger partial charge on any atom is 0.307 e.